The third kappa shape index (κ3) is 2.34. The van der Waals surface area contributed by atoms with Gasteiger partial charge in [-0.2, -0.15) is 0 Å². The van der Waals surface area contributed by atoms with Gasteiger partial charge in [-0.15, -0.1) is 0 Å². The van der Waals surface area contributed by atoms with Gasteiger partial charge in [0.05, 0.1) is 12.2 Å². The third-order valence-electron chi connectivity index (χ3n) is 2.64. The molecule has 0 saturated carbocycles. The standard InChI is InChI=1S/C11H11ClF2O2/c12-8-5-10(14)9(13)4-7(8)11-3-6(15)1-2-16-11/h4-6,11,15H,1-3H2. The van der Waals surface area contributed by atoms with Crippen LogP contribution in [0.5, 0.6) is 0 Å². The smallest absolute Gasteiger partial charge is 0.160 e. The fraction of sp³-hybridized carbons (Fsp3) is 0.455. The number of hydrogen-bond acceptors (Lipinski definition) is 2. The highest BCUT2D eigenvalue weighted by atomic mass is 35.5. The zero-order chi connectivity index (χ0) is 11.7. The lowest BCUT2D eigenvalue weighted by Gasteiger charge is -2.27. The molecule has 1 fully saturated rings. The quantitative estimate of drug-likeness (QED) is 0.775. The van der Waals surface area contributed by atoms with Gasteiger partial charge >= 0.3 is 0 Å². The minimum Gasteiger partial charge on any atom is -0.393 e. The van der Waals surface area contributed by atoms with Crippen molar-refractivity contribution in [3.8, 4) is 0 Å². The van der Waals surface area contributed by atoms with Gasteiger partial charge in [0, 0.05) is 23.6 Å². The highest BCUT2D eigenvalue weighted by Crippen LogP contribution is 2.33. The van der Waals surface area contributed by atoms with Crippen LogP contribution < -0.4 is 0 Å². The molecule has 1 saturated heterocycles. The number of halogens is 3. The summed E-state index contributed by atoms with van der Waals surface area (Å²) in [6.45, 7) is 0.390. The molecule has 2 atom stereocenters. The molecule has 0 spiro atoms. The van der Waals surface area contributed by atoms with Crippen LogP contribution in [0.25, 0.3) is 0 Å². The fourth-order valence-corrected chi connectivity index (χ4v) is 2.05. The number of rotatable bonds is 1. The maximum atomic E-state index is 13.1. The summed E-state index contributed by atoms with van der Waals surface area (Å²) in [6, 6.07) is 1.96. The maximum Gasteiger partial charge on any atom is 0.160 e. The van der Waals surface area contributed by atoms with E-state index in [4.69, 9.17) is 16.3 Å². The van der Waals surface area contributed by atoms with Crippen molar-refractivity contribution in [3.05, 3.63) is 34.4 Å². The van der Waals surface area contributed by atoms with E-state index in [1.807, 2.05) is 0 Å². The van der Waals surface area contributed by atoms with Crippen LogP contribution in [0.4, 0.5) is 8.78 Å². The molecule has 0 aliphatic carbocycles. The van der Waals surface area contributed by atoms with Gasteiger partial charge in [0.1, 0.15) is 0 Å². The first kappa shape index (κ1) is 11.8. The molecule has 16 heavy (non-hydrogen) atoms. The van der Waals surface area contributed by atoms with Crippen molar-refractivity contribution in [2.75, 3.05) is 6.61 Å². The van der Waals surface area contributed by atoms with Crippen LogP contribution in [0, 0.1) is 11.6 Å². The Morgan fingerprint density at radius 2 is 2.00 bits per heavy atom. The average Bonchev–Trinajstić information content (AvgIpc) is 2.23. The number of ether oxygens (including phenoxy) is 1. The molecular formula is C11H11ClF2O2. The monoisotopic (exact) mass is 248 g/mol. The Bertz CT molecular complexity index is 398. The first-order chi connectivity index (χ1) is 7.58. The highest BCUT2D eigenvalue weighted by Gasteiger charge is 2.25. The van der Waals surface area contributed by atoms with Crippen LogP contribution in [0.15, 0.2) is 12.1 Å². The molecule has 1 N–H and O–H groups in total. The van der Waals surface area contributed by atoms with Crippen molar-refractivity contribution in [3.63, 3.8) is 0 Å². The van der Waals surface area contributed by atoms with E-state index in [1.165, 1.54) is 0 Å². The maximum absolute atomic E-state index is 13.1. The van der Waals surface area contributed by atoms with E-state index in [1.54, 1.807) is 0 Å². The summed E-state index contributed by atoms with van der Waals surface area (Å²) in [5.41, 5.74) is 0.388. The van der Waals surface area contributed by atoms with E-state index in [0.29, 0.717) is 25.0 Å². The summed E-state index contributed by atoms with van der Waals surface area (Å²) in [5, 5.41) is 9.59. The van der Waals surface area contributed by atoms with Gasteiger partial charge in [-0.05, 0) is 18.6 Å². The summed E-state index contributed by atoms with van der Waals surface area (Å²) in [7, 11) is 0. The molecule has 0 radical (unpaired) electrons. The molecule has 1 aliphatic heterocycles. The van der Waals surface area contributed by atoms with Crippen molar-refractivity contribution < 1.29 is 18.6 Å². The van der Waals surface area contributed by atoms with Gasteiger partial charge in [-0.1, -0.05) is 11.6 Å². The van der Waals surface area contributed by atoms with Gasteiger partial charge in [0.15, 0.2) is 11.6 Å². The number of aliphatic hydroxyl groups excluding tert-OH is 1. The predicted molar refractivity (Wildman–Crippen MR) is 55.3 cm³/mol. The van der Waals surface area contributed by atoms with Crippen LogP contribution >= 0.6 is 11.6 Å². The number of benzene rings is 1. The molecule has 1 heterocycles. The summed E-state index contributed by atoms with van der Waals surface area (Å²) in [6.07, 6.45) is -0.0444. The van der Waals surface area contributed by atoms with Crippen molar-refractivity contribution in [2.24, 2.45) is 0 Å². The van der Waals surface area contributed by atoms with E-state index in [-0.39, 0.29) is 5.02 Å². The zero-order valence-electron chi connectivity index (χ0n) is 8.42. The Hall–Kier alpha value is -0.710. The first-order valence-corrected chi connectivity index (χ1v) is 5.40. The second kappa shape index (κ2) is 4.65. The molecular weight excluding hydrogens is 238 g/mol. The summed E-state index contributed by atoms with van der Waals surface area (Å²) >= 11 is 5.81. The molecule has 1 aliphatic rings. The lowest BCUT2D eigenvalue weighted by Crippen LogP contribution is -2.23. The molecule has 0 aromatic heterocycles. The second-order valence-corrected chi connectivity index (χ2v) is 4.23. The van der Waals surface area contributed by atoms with Crippen LogP contribution in [0.3, 0.4) is 0 Å². The minimum atomic E-state index is -0.981. The van der Waals surface area contributed by atoms with Crippen molar-refractivity contribution in [2.45, 2.75) is 25.0 Å². The zero-order valence-corrected chi connectivity index (χ0v) is 9.18. The van der Waals surface area contributed by atoms with Gasteiger partial charge in [-0.25, -0.2) is 8.78 Å². The molecule has 2 rings (SSSR count). The van der Waals surface area contributed by atoms with Gasteiger partial charge in [-0.3, -0.25) is 0 Å². The Labute approximate surface area is 96.8 Å². The topological polar surface area (TPSA) is 29.5 Å². The molecule has 0 amide bonds. The highest BCUT2D eigenvalue weighted by molar-refractivity contribution is 6.31. The largest absolute Gasteiger partial charge is 0.393 e. The number of aliphatic hydroxyl groups is 1. The van der Waals surface area contributed by atoms with Crippen LogP contribution in [0.2, 0.25) is 5.02 Å². The van der Waals surface area contributed by atoms with Crippen molar-refractivity contribution >= 4 is 11.6 Å². The van der Waals surface area contributed by atoms with E-state index in [0.717, 1.165) is 12.1 Å². The lowest BCUT2D eigenvalue weighted by molar-refractivity contribution is -0.0448. The Kier molecular flexibility index (Phi) is 3.42. The normalized spacial score (nSPS) is 25.8. The Balaban J connectivity index is 2.29. The molecule has 0 bridgehead atoms. The molecule has 88 valence electrons. The Morgan fingerprint density at radius 3 is 2.69 bits per heavy atom. The SMILES string of the molecule is OC1CCOC(c2cc(F)c(F)cc2Cl)C1. The molecule has 2 unspecified atom stereocenters. The summed E-state index contributed by atoms with van der Waals surface area (Å²) in [5.74, 6) is -1.94. The van der Waals surface area contributed by atoms with E-state index >= 15 is 0 Å². The van der Waals surface area contributed by atoms with Gasteiger partial charge < -0.3 is 9.84 Å². The van der Waals surface area contributed by atoms with E-state index < -0.39 is 23.8 Å². The minimum absolute atomic E-state index is 0.123. The van der Waals surface area contributed by atoms with Crippen LogP contribution in [0.1, 0.15) is 24.5 Å². The molecule has 5 heteroatoms. The first-order valence-electron chi connectivity index (χ1n) is 5.02. The van der Waals surface area contributed by atoms with Crippen LogP contribution in [-0.4, -0.2) is 17.8 Å². The third-order valence-corrected chi connectivity index (χ3v) is 2.97. The average molecular weight is 249 g/mol. The summed E-state index contributed by atoms with van der Waals surface area (Å²) in [4.78, 5) is 0. The predicted octanol–water partition coefficient (Wildman–Crippen LogP) is 2.83. The van der Waals surface area contributed by atoms with Gasteiger partial charge in [0.25, 0.3) is 0 Å². The van der Waals surface area contributed by atoms with Crippen molar-refractivity contribution in [1.82, 2.24) is 0 Å². The fourth-order valence-electron chi connectivity index (χ4n) is 1.78. The van der Waals surface area contributed by atoms with Crippen molar-refractivity contribution in [1.29, 1.82) is 0 Å². The second-order valence-electron chi connectivity index (χ2n) is 3.83. The Morgan fingerprint density at radius 1 is 1.31 bits per heavy atom. The molecule has 2 nitrogen and oxygen atoms in total. The van der Waals surface area contributed by atoms with E-state index in [9.17, 15) is 13.9 Å². The molecule has 1 aromatic rings. The lowest BCUT2D eigenvalue weighted by atomic mass is 9.99. The van der Waals surface area contributed by atoms with E-state index in [2.05, 4.69) is 0 Å². The molecule has 1 aromatic carbocycles. The summed E-state index contributed by atoms with van der Waals surface area (Å²) < 4.78 is 31.3. The number of hydrogen-bond donors (Lipinski definition) is 1. The van der Waals surface area contributed by atoms with Gasteiger partial charge in [0.2, 0.25) is 0 Å². The van der Waals surface area contributed by atoms with Crippen LogP contribution in [-0.2, 0) is 4.74 Å².